The Labute approximate surface area is 183 Å². The smallest absolute Gasteiger partial charge is 0.230 e. The molecular weight excluding hydrogens is 425 g/mol. The van der Waals surface area contributed by atoms with Gasteiger partial charge in [0.2, 0.25) is 11.8 Å². The fraction of sp³-hybridized carbons (Fsp3) is 0.636. The van der Waals surface area contributed by atoms with Crippen molar-refractivity contribution in [2.45, 2.75) is 64.4 Å². The van der Waals surface area contributed by atoms with Gasteiger partial charge in [-0.05, 0) is 50.3 Å². The predicted octanol–water partition coefficient (Wildman–Crippen LogP) is 2.72. The number of unbranched alkanes of at least 4 members (excludes halogenated alkanes) is 2. The van der Waals surface area contributed by atoms with Crippen LogP contribution in [0.1, 0.15) is 64.4 Å². The quantitative estimate of drug-likeness (QED) is 0.369. The van der Waals surface area contributed by atoms with E-state index >= 15 is 0 Å². The zero-order chi connectivity index (χ0) is 23.2. The van der Waals surface area contributed by atoms with Gasteiger partial charge >= 0.3 is 0 Å². The minimum absolute atomic E-state index is 0.0155. The average Bonchev–Trinajstić information content (AvgIpc) is 2.96. The molecule has 1 fully saturated rings. The second kappa shape index (κ2) is 10.5. The molecule has 1 aliphatic rings. The maximum Gasteiger partial charge on any atom is 0.230 e. The molecule has 1 heterocycles. The Bertz CT molecular complexity index is 894. The summed E-state index contributed by atoms with van der Waals surface area (Å²) >= 11 is 0. The van der Waals surface area contributed by atoms with Gasteiger partial charge in [-0.15, -0.1) is 0 Å². The summed E-state index contributed by atoms with van der Waals surface area (Å²) < 4.78 is 44.3. The van der Waals surface area contributed by atoms with Gasteiger partial charge in [-0.2, -0.15) is 0 Å². The summed E-state index contributed by atoms with van der Waals surface area (Å²) in [5.74, 6) is -1.74. The van der Waals surface area contributed by atoms with Gasteiger partial charge in [0.1, 0.15) is 6.61 Å². The van der Waals surface area contributed by atoms with Gasteiger partial charge in [0.05, 0.1) is 17.1 Å². The summed E-state index contributed by atoms with van der Waals surface area (Å²) in [6.45, 7) is 4.77. The van der Waals surface area contributed by atoms with E-state index in [0.717, 1.165) is 0 Å². The minimum atomic E-state index is -3.31. The molecule has 1 aromatic rings. The highest BCUT2D eigenvalue weighted by molar-refractivity contribution is 7.91. The zero-order valence-corrected chi connectivity index (χ0v) is 19.1. The van der Waals surface area contributed by atoms with E-state index in [4.69, 9.17) is 4.74 Å². The number of sulfone groups is 1. The van der Waals surface area contributed by atoms with Crippen LogP contribution in [0, 0.1) is 11.7 Å². The van der Waals surface area contributed by atoms with Crippen molar-refractivity contribution in [3.8, 4) is 5.75 Å². The first-order valence-electron chi connectivity index (χ1n) is 10.5. The first-order valence-corrected chi connectivity index (χ1v) is 12.4. The molecule has 0 bridgehead atoms. The Morgan fingerprint density at radius 1 is 1.26 bits per heavy atom. The summed E-state index contributed by atoms with van der Waals surface area (Å²) in [4.78, 5) is 22.7. The normalized spacial score (nSPS) is 18.2. The molecule has 2 atom stereocenters. The van der Waals surface area contributed by atoms with Gasteiger partial charge < -0.3 is 9.84 Å². The molecule has 1 unspecified atom stereocenters. The van der Waals surface area contributed by atoms with Crippen molar-refractivity contribution >= 4 is 21.7 Å². The van der Waals surface area contributed by atoms with Gasteiger partial charge in [0.15, 0.2) is 21.4 Å². The molecule has 1 aliphatic heterocycles. The van der Waals surface area contributed by atoms with E-state index in [0.29, 0.717) is 31.2 Å². The number of halogens is 1. The van der Waals surface area contributed by atoms with Gasteiger partial charge in [0.25, 0.3) is 0 Å². The van der Waals surface area contributed by atoms with Crippen molar-refractivity contribution in [1.29, 1.82) is 0 Å². The van der Waals surface area contributed by atoms with Gasteiger partial charge in [-0.25, -0.2) is 12.8 Å². The molecule has 0 aromatic heterocycles. The summed E-state index contributed by atoms with van der Waals surface area (Å²) in [6, 6.07) is 4.26. The second-order valence-corrected chi connectivity index (χ2v) is 11.2. The van der Waals surface area contributed by atoms with E-state index in [2.05, 4.69) is 5.32 Å². The lowest BCUT2D eigenvalue weighted by atomic mass is 10.00. The number of hydrogen-bond donors (Lipinski definition) is 2. The fourth-order valence-electron chi connectivity index (χ4n) is 3.48. The van der Waals surface area contributed by atoms with Crippen molar-refractivity contribution in [1.82, 2.24) is 5.32 Å². The van der Waals surface area contributed by atoms with Crippen LogP contribution in [0.15, 0.2) is 18.2 Å². The molecule has 174 valence electrons. The number of nitrogens with one attached hydrogen (secondary N) is 1. The van der Waals surface area contributed by atoms with Crippen LogP contribution in [0.4, 0.5) is 4.39 Å². The van der Waals surface area contributed by atoms with Crippen LogP contribution in [0.3, 0.4) is 0 Å². The zero-order valence-electron chi connectivity index (χ0n) is 18.3. The summed E-state index contributed by atoms with van der Waals surface area (Å²) in [6.07, 6.45) is 2.64. The van der Waals surface area contributed by atoms with Crippen LogP contribution in [0.2, 0.25) is 0 Å². The topological polar surface area (TPSA) is 110 Å². The fourth-order valence-corrected chi connectivity index (χ4v) is 5.25. The summed E-state index contributed by atoms with van der Waals surface area (Å²) in [5, 5.41) is 12.0. The number of rotatable bonds is 12. The lowest BCUT2D eigenvalue weighted by molar-refractivity contribution is -0.125. The third-order valence-electron chi connectivity index (χ3n) is 5.18. The molecule has 0 radical (unpaired) electrons. The monoisotopic (exact) mass is 457 g/mol. The van der Waals surface area contributed by atoms with Crippen LogP contribution in [-0.2, 0) is 19.4 Å². The van der Waals surface area contributed by atoms with Crippen molar-refractivity contribution < 1.29 is 32.2 Å². The van der Waals surface area contributed by atoms with E-state index in [1.165, 1.54) is 12.1 Å². The standard InChI is InChI=1S/C22H32FNO6S/c1-15(16-8-9-18(23)19(11-16)30-14-22(2,3)27)13-31(28,29)10-6-4-5-7-17-12-20(25)24-21(17)26/h8-9,11,15,17,27H,4-7,10,12-14H2,1-3H3,(H,24,25,26)/t15-,17?/m0/s1. The Morgan fingerprint density at radius 3 is 2.58 bits per heavy atom. The van der Waals surface area contributed by atoms with E-state index in [9.17, 15) is 27.5 Å². The molecule has 7 nitrogen and oxygen atoms in total. The molecule has 0 spiro atoms. The maximum absolute atomic E-state index is 14.0. The average molecular weight is 458 g/mol. The molecule has 2 N–H and O–H groups in total. The molecule has 0 aliphatic carbocycles. The molecule has 31 heavy (non-hydrogen) atoms. The Hall–Kier alpha value is -2.00. The highest BCUT2D eigenvalue weighted by Crippen LogP contribution is 2.26. The lowest BCUT2D eigenvalue weighted by Gasteiger charge is -2.19. The number of hydrogen-bond acceptors (Lipinski definition) is 6. The number of benzene rings is 1. The summed E-state index contributed by atoms with van der Waals surface area (Å²) in [7, 11) is -3.31. The molecule has 9 heteroatoms. The third kappa shape index (κ3) is 8.57. The van der Waals surface area contributed by atoms with E-state index in [1.807, 2.05) is 0 Å². The molecular formula is C22H32FNO6S. The number of carbonyl (C=O) groups is 2. The lowest BCUT2D eigenvalue weighted by Crippen LogP contribution is -2.28. The number of amides is 2. The first-order chi connectivity index (χ1) is 14.4. The predicted molar refractivity (Wildman–Crippen MR) is 115 cm³/mol. The molecule has 2 rings (SSSR count). The number of ether oxygens (including phenoxy) is 1. The van der Waals surface area contributed by atoms with Crippen molar-refractivity contribution in [2.24, 2.45) is 5.92 Å². The molecule has 1 aromatic carbocycles. The van der Waals surface area contributed by atoms with Crippen molar-refractivity contribution in [3.63, 3.8) is 0 Å². The minimum Gasteiger partial charge on any atom is -0.488 e. The van der Waals surface area contributed by atoms with E-state index in [1.54, 1.807) is 26.8 Å². The Morgan fingerprint density at radius 2 is 1.97 bits per heavy atom. The molecule has 1 saturated heterocycles. The van der Waals surface area contributed by atoms with Crippen LogP contribution in [0.25, 0.3) is 0 Å². The highest BCUT2D eigenvalue weighted by atomic mass is 32.2. The number of aliphatic hydroxyl groups is 1. The van der Waals surface area contributed by atoms with Crippen LogP contribution >= 0.6 is 0 Å². The molecule has 2 amide bonds. The van der Waals surface area contributed by atoms with Gasteiger partial charge in [0, 0.05) is 12.3 Å². The third-order valence-corrected chi connectivity index (χ3v) is 7.10. The van der Waals surface area contributed by atoms with Gasteiger partial charge in [-0.1, -0.05) is 25.8 Å². The maximum atomic E-state index is 14.0. The first kappa shape index (κ1) is 25.3. The van der Waals surface area contributed by atoms with Crippen molar-refractivity contribution in [2.75, 3.05) is 18.1 Å². The van der Waals surface area contributed by atoms with Crippen LogP contribution in [-0.4, -0.2) is 49.1 Å². The molecule has 0 saturated carbocycles. The Kier molecular flexibility index (Phi) is 8.59. The Balaban J connectivity index is 1.81. The number of imide groups is 1. The van der Waals surface area contributed by atoms with Crippen LogP contribution < -0.4 is 10.1 Å². The van der Waals surface area contributed by atoms with Crippen LogP contribution in [0.5, 0.6) is 5.75 Å². The van der Waals surface area contributed by atoms with E-state index in [-0.39, 0.29) is 53.9 Å². The van der Waals surface area contributed by atoms with Gasteiger partial charge in [-0.3, -0.25) is 14.9 Å². The largest absolute Gasteiger partial charge is 0.488 e. The van der Waals surface area contributed by atoms with E-state index < -0.39 is 21.3 Å². The van der Waals surface area contributed by atoms with Crippen molar-refractivity contribution in [3.05, 3.63) is 29.6 Å². The summed E-state index contributed by atoms with van der Waals surface area (Å²) in [5.41, 5.74) is -0.471. The second-order valence-electron chi connectivity index (χ2n) is 8.97. The highest BCUT2D eigenvalue weighted by Gasteiger charge is 2.29. The SMILES string of the molecule is C[C@@H](CS(=O)(=O)CCCCCC1CC(=O)NC1=O)c1ccc(F)c(OCC(C)(C)O)c1. The number of carbonyl (C=O) groups excluding carboxylic acids is 2.